The summed E-state index contributed by atoms with van der Waals surface area (Å²) >= 11 is 0. The molecule has 1 unspecified atom stereocenters. The molecule has 1 aliphatic heterocycles. The Morgan fingerprint density at radius 1 is 1.47 bits per heavy atom. The van der Waals surface area contributed by atoms with E-state index in [2.05, 4.69) is 37.1 Å². The third-order valence-corrected chi connectivity index (χ3v) is 3.37. The zero-order chi connectivity index (χ0) is 10.8. The van der Waals surface area contributed by atoms with Crippen LogP contribution in [0, 0.1) is 6.92 Å². The van der Waals surface area contributed by atoms with Crippen LogP contribution in [0.5, 0.6) is 0 Å². The van der Waals surface area contributed by atoms with E-state index >= 15 is 0 Å². The minimum atomic E-state index is 0.690. The van der Waals surface area contributed by atoms with E-state index in [-0.39, 0.29) is 0 Å². The summed E-state index contributed by atoms with van der Waals surface area (Å²) in [5.74, 6) is 0.690. The van der Waals surface area contributed by atoms with Crippen molar-refractivity contribution >= 4 is 5.69 Å². The Bertz CT molecular complexity index is 346. The quantitative estimate of drug-likeness (QED) is 0.818. The molecule has 0 aliphatic carbocycles. The lowest BCUT2D eigenvalue weighted by Crippen LogP contribution is -2.15. The molecule has 2 rings (SSSR count). The standard InChI is InChI=1S/C13H20N2/c1-10-5-3-7-12-13(10)11(6-4-8-14)9-15(12)2/h3,5,7,11H,4,6,8-9,14H2,1-2H3. The smallest absolute Gasteiger partial charge is 0.0402 e. The topological polar surface area (TPSA) is 29.3 Å². The van der Waals surface area contributed by atoms with Gasteiger partial charge >= 0.3 is 0 Å². The number of rotatable bonds is 3. The first-order valence-corrected chi connectivity index (χ1v) is 5.74. The first kappa shape index (κ1) is 10.5. The molecule has 1 aromatic rings. The van der Waals surface area contributed by atoms with Gasteiger partial charge in [-0.05, 0) is 43.5 Å². The van der Waals surface area contributed by atoms with E-state index in [1.807, 2.05) is 0 Å². The van der Waals surface area contributed by atoms with Gasteiger partial charge in [0.15, 0.2) is 0 Å². The van der Waals surface area contributed by atoms with E-state index in [9.17, 15) is 0 Å². The largest absolute Gasteiger partial charge is 0.374 e. The summed E-state index contributed by atoms with van der Waals surface area (Å²) in [5, 5.41) is 0. The predicted octanol–water partition coefficient (Wildman–Crippen LogP) is 2.27. The Labute approximate surface area is 92.1 Å². The highest BCUT2D eigenvalue weighted by Gasteiger charge is 2.26. The van der Waals surface area contributed by atoms with Crippen molar-refractivity contribution < 1.29 is 0 Å². The van der Waals surface area contributed by atoms with Gasteiger partial charge in [-0.1, -0.05) is 12.1 Å². The van der Waals surface area contributed by atoms with E-state index in [0.29, 0.717) is 5.92 Å². The summed E-state index contributed by atoms with van der Waals surface area (Å²) in [6, 6.07) is 6.59. The van der Waals surface area contributed by atoms with Crippen molar-refractivity contribution in [1.82, 2.24) is 0 Å². The molecule has 0 saturated heterocycles. The Morgan fingerprint density at radius 3 is 3.00 bits per heavy atom. The fourth-order valence-electron chi connectivity index (χ4n) is 2.65. The monoisotopic (exact) mass is 204 g/mol. The normalized spacial score (nSPS) is 19.4. The van der Waals surface area contributed by atoms with Crippen LogP contribution in [0.4, 0.5) is 5.69 Å². The van der Waals surface area contributed by atoms with Crippen LogP contribution in [0.25, 0.3) is 0 Å². The van der Waals surface area contributed by atoms with Crippen molar-refractivity contribution in [3.8, 4) is 0 Å². The number of aryl methyl sites for hydroxylation is 1. The highest BCUT2D eigenvalue weighted by Crippen LogP contribution is 2.39. The van der Waals surface area contributed by atoms with Crippen LogP contribution in [0.1, 0.15) is 29.9 Å². The molecule has 1 aliphatic rings. The second-order valence-corrected chi connectivity index (χ2v) is 4.52. The summed E-state index contributed by atoms with van der Waals surface area (Å²) in [7, 11) is 2.18. The summed E-state index contributed by atoms with van der Waals surface area (Å²) in [4.78, 5) is 2.36. The molecule has 0 amide bonds. The fourth-order valence-corrected chi connectivity index (χ4v) is 2.65. The van der Waals surface area contributed by atoms with Crippen LogP contribution in [0.15, 0.2) is 18.2 Å². The minimum Gasteiger partial charge on any atom is -0.374 e. The van der Waals surface area contributed by atoms with Crippen LogP contribution in [0.2, 0.25) is 0 Å². The predicted molar refractivity (Wildman–Crippen MR) is 65.5 cm³/mol. The molecule has 0 saturated carbocycles. The molecular weight excluding hydrogens is 184 g/mol. The number of fused-ring (bicyclic) bond motifs is 1. The van der Waals surface area contributed by atoms with Gasteiger partial charge in [0.2, 0.25) is 0 Å². The van der Waals surface area contributed by atoms with Crippen molar-refractivity contribution in [1.29, 1.82) is 0 Å². The van der Waals surface area contributed by atoms with Crippen LogP contribution in [-0.2, 0) is 0 Å². The lowest BCUT2D eigenvalue weighted by atomic mass is 9.93. The van der Waals surface area contributed by atoms with Crippen molar-refractivity contribution in [3.05, 3.63) is 29.3 Å². The van der Waals surface area contributed by atoms with Crippen molar-refractivity contribution in [2.24, 2.45) is 5.73 Å². The lowest BCUT2D eigenvalue weighted by Gasteiger charge is -2.12. The average molecular weight is 204 g/mol. The third kappa shape index (κ3) is 1.86. The number of nitrogens with two attached hydrogens (primary N) is 1. The molecule has 2 nitrogen and oxygen atoms in total. The van der Waals surface area contributed by atoms with E-state index < -0.39 is 0 Å². The summed E-state index contributed by atoms with van der Waals surface area (Å²) in [5.41, 5.74) is 9.98. The molecule has 0 bridgehead atoms. The summed E-state index contributed by atoms with van der Waals surface area (Å²) < 4.78 is 0. The number of likely N-dealkylation sites (N-methyl/N-ethyl adjacent to an activating group) is 1. The van der Waals surface area contributed by atoms with Gasteiger partial charge in [0, 0.05) is 25.2 Å². The first-order valence-electron chi connectivity index (χ1n) is 5.74. The zero-order valence-electron chi connectivity index (χ0n) is 9.66. The molecule has 0 fully saturated rings. The maximum absolute atomic E-state index is 5.59. The molecule has 1 heterocycles. The second kappa shape index (κ2) is 4.23. The van der Waals surface area contributed by atoms with Gasteiger partial charge in [0.1, 0.15) is 0 Å². The molecule has 0 aromatic heterocycles. The van der Waals surface area contributed by atoms with Crippen LogP contribution in [0.3, 0.4) is 0 Å². The molecule has 0 spiro atoms. The second-order valence-electron chi connectivity index (χ2n) is 4.52. The maximum atomic E-state index is 5.59. The van der Waals surface area contributed by atoms with Gasteiger partial charge in [-0.25, -0.2) is 0 Å². The van der Waals surface area contributed by atoms with Gasteiger partial charge < -0.3 is 10.6 Å². The number of hydrogen-bond donors (Lipinski definition) is 1. The molecule has 1 atom stereocenters. The number of nitrogens with zero attached hydrogens (tertiary/aromatic N) is 1. The van der Waals surface area contributed by atoms with E-state index in [1.54, 1.807) is 5.56 Å². The van der Waals surface area contributed by atoms with Gasteiger partial charge in [-0.2, -0.15) is 0 Å². The third-order valence-electron chi connectivity index (χ3n) is 3.37. The van der Waals surface area contributed by atoms with Crippen LogP contribution in [-0.4, -0.2) is 20.1 Å². The number of hydrogen-bond acceptors (Lipinski definition) is 2. The molecule has 2 heteroatoms. The number of benzene rings is 1. The maximum Gasteiger partial charge on any atom is 0.0402 e. The summed E-state index contributed by atoms with van der Waals surface area (Å²) in [6.45, 7) is 4.18. The van der Waals surface area contributed by atoms with E-state index in [1.165, 1.54) is 17.7 Å². The molecule has 0 radical (unpaired) electrons. The average Bonchev–Trinajstić information content (AvgIpc) is 2.55. The summed E-state index contributed by atoms with van der Waals surface area (Å²) in [6.07, 6.45) is 2.35. The minimum absolute atomic E-state index is 0.690. The van der Waals surface area contributed by atoms with Crippen LogP contribution < -0.4 is 10.6 Å². The van der Waals surface area contributed by atoms with Gasteiger partial charge in [0.05, 0.1) is 0 Å². The highest BCUT2D eigenvalue weighted by molar-refractivity contribution is 5.62. The highest BCUT2D eigenvalue weighted by atomic mass is 15.1. The van der Waals surface area contributed by atoms with Crippen LogP contribution >= 0.6 is 0 Å². The Kier molecular flexibility index (Phi) is 2.96. The SMILES string of the molecule is Cc1cccc2c1C(CCCN)CN2C. The van der Waals surface area contributed by atoms with Gasteiger partial charge in [-0.3, -0.25) is 0 Å². The van der Waals surface area contributed by atoms with Gasteiger partial charge in [0.25, 0.3) is 0 Å². The van der Waals surface area contributed by atoms with E-state index in [0.717, 1.165) is 19.5 Å². The molecular formula is C13H20N2. The van der Waals surface area contributed by atoms with Gasteiger partial charge in [-0.15, -0.1) is 0 Å². The Hall–Kier alpha value is -1.02. The van der Waals surface area contributed by atoms with Crippen molar-refractivity contribution in [2.45, 2.75) is 25.7 Å². The zero-order valence-corrected chi connectivity index (χ0v) is 9.66. The number of anilines is 1. The molecule has 1 aromatic carbocycles. The van der Waals surface area contributed by atoms with Crippen molar-refractivity contribution in [2.75, 3.05) is 25.0 Å². The Balaban J connectivity index is 2.27. The lowest BCUT2D eigenvalue weighted by molar-refractivity contribution is 0.619. The fraction of sp³-hybridized carbons (Fsp3) is 0.538. The molecule has 82 valence electrons. The molecule has 2 N–H and O–H groups in total. The first-order chi connectivity index (χ1) is 7.24. The Morgan fingerprint density at radius 2 is 2.27 bits per heavy atom. The van der Waals surface area contributed by atoms with Crippen molar-refractivity contribution in [3.63, 3.8) is 0 Å². The molecule has 15 heavy (non-hydrogen) atoms. The van der Waals surface area contributed by atoms with E-state index in [4.69, 9.17) is 5.73 Å².